The van der Waals surface area contributed by atoms with Crippen molar-refractivity contribution in [3.8, 4) is 0 Å². The first-order valence-electron chi connectivity index (χ1n) is 5.57. The summed E-state index contributed by atoms with van der Waals surface area (Å²) < 4.78 is 2.18. The second-order valence-electron chi connectivity index (χ2n) is 4.35. The van der Waals surface area contributed by atoms with Crippen molar-refractivity contribution in [3.63, 3.8) is 0 Å². The van der Waals surface area contributed by atoms with Crippen molar-refractivity contribution in [3.05, 3.63) is 24.2 Å². The van der Waals surface area contributed by atoms with Crippen LogP contribution in [0.5, 0.6) is 0 Å². The van der Waals surface area contributed by atoms with Gasteiger partial charge in [-0.3, -0.25) is 4.79 Å². The van der Waals surface area contributed by atoms with Gasteiger partial charge in [-0.15, -0.1) is 0 Å². The number of pyridine rings is 1. The molecule has 0 radical (unpaired) electrons. The predicted octanol–water partition coefficient (Wildman–Crippen LogP) is 1.90. The zero-order valence-corrected chi connectivity index (χ0v) is 9.18. The summed E-state index contributed by atoms with van der Waals surface area (Å²) in [6, 6.07) is 4.47. The Bertz CT molecular complexity index is 554. The van der Waals surface area contributed by atoms with Crippen LogP contribution in [0, 0.1) is 0 Å². The first-order valence-corrected chi connectivity index (χ1v) is 5.57. The highest BCUT2D eigenvalue weighted by Crippen LogP contribution is 2.38. The molecule has 82 valence electrons. The maximum absolute atomic E-state index is 11.2. The van der Waals surface area contributed by atoms with Crippen LogP contribution in [0.25, 0.3) is 11.2 Å². The molecule has 2 heterocycles. The largest absolute Gasteiger partial charge is 0.323 e. The van der Waals surface area contributed by atoms with Crippen LogP contribution < -0.4 is 0 Å². The van der Waals surface area contributed by atoms with Gasteiger partial charge in [0.1, 0.15) is 11.6 Å². The molecule has 2 aromatic heterocycles. The van der Waals surface area contributed by atoms with Crippen LogP contribution in [0.1, 0.15) is 31.6 Å². The van der Waals surface area contributed by atoms with E-state index >= 15 is 0 Å². The Morgan fingerprint density at radius 1 is 1.56 bits per heavy atom. The minimum atomic E-state index is 0.150. The third kappa shape index (κ3) is 1.50. The van der Waals surface area contributed by atoms with Crippen LogP contribution in [0.15, 0.2) is 18.3 Å². The highest BCUT2D eigenvalue weighted by atomic mass is 16.1. The number of fused-ring (bicyclic) bond motifs is 1. The van der Waals surface area contributed by atoms with Crippen molar-refractivity contribution in [1.29, 1.82) is 0 Å². The summed E-state index contributed by atoms with van der Waals surface area (Å²) >= 11 is 0. The molecule has 0 bridgehead atoms. The van der Waals surface area contributed by atoms with Crippen molar-refractivity contribution in [2.24, 2.45) is 0 Å². The Morgan fingerprint density at radius 2 is 2.38 bits per heavy atom. The average molecular weight is 215 g/mol. The number of hydrogen-bond acceptors (Lipinski definition) is 3. The van der Waals surface area contributed by atoms with E-state index in [2.05, 4.69) is 14.5 Å². The number of hydrogen-bond donors (Lipinski definition) is 0. The summed E-state index contributed by atoms with van der Waals surface area (Å²) in [6.07, 6.45) is 4.52. The van der Waals surface area contributed by atoms with E-state index in [1.165, 1.54) is 12.8 Å². The Kier molecular flexibility index (Phi) is 2.02. The third-order valence-electron chi connectivity index (χ3n) is 2.86. The van der Waals surface area contributed by atoms with Gasteiger partial charge >= 0.3 is 0 Å². The van der Waals surface area contributed by atoms with Crippen LogP contribution >= 0.6 is 0 Å². The molecule has 0 atom stereocenters. The number of carbonyl (C=O) groups excluding carboxylic acids is 1. The first-order chi connectivity index (χ1) is 7.75. The number of nitrogens with zero attached hydrogens (tertiary/aromatic N) is 3. The molecule has 0 aromatic carbocycles. The number of aromatic nitrogens is 3. The minimum Gasteiger partial charge on any atom is -0.323 e. The van der Waals surface area contributed by atoms with Gasteiger partial charge in [0.15, 0.2) is 5.65 Å². The lowest BCUT2D eigenvalue weighted by Crippen LogP contribution is -2.06. The van der Waals surface area contributed by atoms with Gasteiger partial charge in [0.05, 0.1) is 11.9 Å². The van der Waals surface area contributed by atoms with Crippen molar-refractivity contribution in [2.45, 2.75) is 32.2 Å². The summed E-state index contributed by atoms with van der Waals surface area (Å²) in [7, 11) is 0. The Labute approximate surface area is 93.3 Å². The molecule has 16 heavy (non-hydrogen) atoms. The Balaban J connectivity index is 2.18. The van der Waals surface area contributed by atoms with E-state index in [4.69, 9.17) is 0 Å². The highest BCUT2D eigenvalue weighted by molar-refractivity contribution is 5.79. The SMILES string of the molecule is CC(=O)Cc1nc2ncccc2n1C1CC1. The lowest BCUT2D eigenvalue weighted by molar-refractivity contribution is -0.116. The molecule has 1 aliphatic rings. The molecule has 0 amide bonds. The number of rotatable bonds is 3. The van der Waals surface area contributed by atoms with Crippen molar-refractivity contribution < 1.29 is 4.79 Å². The molecule has 0 spiro atoms. The van der Waals surface area contributed by atoms with Crippen LogP contribution in [0.3, 0.4) is 0 Å². The van der Waals surface area contributed by atoms with Crippen LogP contribution in [0.2, 0.25) is 0 Å². The van der Waals surface area contributed by atoms with E-state index < -0.39 is 0 Å². The van der Waals surface area contributed by atoms with Crippen LogP contribution in [-0.2, 0) is 11.2 Å². The molecule has 0 unspecified atom stereocenters. The van der Waals surface area contributed by atoms with E-state index in [9.17, 15) is 4.79 Å². The molecule has 1 saturated carbocycles. The lowest BCUT2D eigenvalue weighted by Gasteiger charge is -2.05. The summed E-state index contributed by atoms with van der Waals surface area (Å²) in [5, 5.41) is 0. The van der Waals surface area contributed by atoms with Crippen molar-refractivity contribution in [1.82, 2.24) is 14.5 Å². The molecule has 0 saturated heterocycles. The maximum Gasteiger partial charge on any atom is 0.177 e. The van der Waals surface area contributed by atoms with Gasteiger partial charge in [0.2, 0.25) is 0 Å². The van der Waals surface area contributed by atoms with Gasteiger partial charge in [0, 0.05) is 12.2 Å². The molecule has 4 heteroatoms. The zero-order valence-electron chi connectivity index (χ0n) is 9.18. The first kappa shape index (κ1) is 9.51. The Hall–Kier alpha value is -1.71. The molecule has 1 fully saturated rings. The van der Waals surface area contributed by atoms with E-state index in [0.29, 0.717) is 12.5 Å². The number of carbonyl (C=O) groups is 1. The quantitative estimate of drug-likeness (QED) is 0.785. The van der Waals surface area contributed by atoms with Crippen molar-refractivity contribution >= 4 is 16.9 Å². The van der Waals surface area contributed by atoms with E-state index in [1.54, 1.807) is 13.1 Å². The highest BCUT2D eigenvalue weighted by Gasteiger charge is 2.28. The van der Waals surface area contributed by atoms with E-state index in [1.807, 2.05) is 12.1 Å². The molecule has 2 aromatic rings. The van der Waals surface area contributed by atoms with Gasteiger partial charge in [-0.25, -0.2) is 9.97 Å². The van der Waals surface area contributed by atoms with Gasteiger partial charge in [-0.2, -0.15) is 0 Å². The number of ketones is 1. The molecular formula is C12H13N3O. The van der Waals surface area contributed by atoms with E-state index in [0.717, 1.165) is 17.0 Å². The standard InChI is InChI=1S/C12H13N3O/c1-8(16)7-11-14-12-10(3-2-6-13-12)15(11)9-4-5-9/h2-3,6,9H,4-5,7H2,1H3. The van der Waals surface area contributed by atoms with Gasteiger partial charge in [-0.1, -0.05) is 0 Å². The smallest absolute Gasteiger partial charge is 0.177 e. The number of imidazole rings is 1. The summed E-state index contributed by atoms with van der Waals surface area (Å²) in [4.78, 5) is 19.9. The minimum absolute atomic E-state index is 0.150. The topological polar surface area (TPSA) is 47.8 Å². The Morgan fingerprint density at radius 3 is 3.06 bits per heavy atom. The fourth-order valence-electron chi connectivity index (χ4n) is 2.07. The molecule has 3 rings (SSSR count). The zero-order chi connectivity index (χ0) is 11.1. The normalized spacial score (nSPS) is 15.6. The van der Waals surface area contributed by atoms with E-state index in [-0.39, 0.29) is 5.78 Å². The second-order valence-corrected chi connectivity index (χ2v) is 4.35. The monoisotopic (exact) mass is 215 g/mol. The third-order valence-corrected chi connectivity index (χ3v) is 2.86. The van der Waals surface area contributed by atoms with Gasteiger partial charge < -0.3 is 4.57 Å². The van der Waals surface area contributed by atoms with Crippen LogP contribution in [0.4, 0.5) is 0 Å². The molecule has 4 nitrogen and oxygen atoms in total. The molecule has 1 aliphatic carbocycles. The summed E-state index contributed by atoms with van der Waals surface area (Å²) in [6.45, 7) is 1.60. The average Bonchev–Trinajstić information content (AvgIpc) is 3.00. The maximum atomic E-state index is 11.2. The summed E-state index contributed by atoms with van der Waals surface area (Å²) in [5.41, 5.74) is 1.81. The fraction of sp³-hybridized carbons (Fsp3) is 0.417. The molecule has 0 aliphatic heterocycles. The van der Waals surface area contributed by atoms with Crippen LogP contribution in [-0.4, -0.2) is 20.3 Å². The lowest BCUT2D eigenvalue weighted by atomic mass is 10.3. The van der Waals surface area contributed by atoms with Crippen molar-refractivity contribution in [2.75, 3.05) is 0 Å². The molecule has 0 N–H and O–H groups in total. The van der Waals surface area contributed by atoms with Gasteiger partial charge in [-0.05, 0) is 31.9 Å². The fourth-order valence-corrected chi connectivity index (χ4v) is 2.07. The second kappa shape index (κ2) is 3.40. The molecular weight excluding hydrogens is 202 g/mol. The summed E-state index contributed by atoms with van der Waals surface area (Å²) in [5.74, 6) is 1.01. The predicted molar refractivity (Wildman–Crippen MR) is 60.2 cm³/mol. The number of Topliss-reactive ketones (excluding diaryl/α,β-unsaturated/α-hetero) is 1. The van der Waals surface area contributed by atoms with Gasteiger partial charge in [0.25, 0.3) is 0 Å².